The van der Waals surface area contributed by atoms with Crippen molar-refractivity contribution in [2.45, 2.75) is 6.42 Å². The SMILES string of the molecule is C=CCc1c(I)ccc(I)c1O. The molecule has 0 spiro atoms. The number of phenolic OH excluding ortho intramolecular Hbond substituents is 1. The van der Waals surface area contributed by atoms with E-state index in [1.807, 2.05) is 12.1 Å². The van der Waals surface area contributed by atoms with Crippen LogP contribution in [0.5, 0.6) is 5.75 Å². The van der Waals surface area contributed by atoms with Crippen LogP contribution in [0.1, 0.15) is 5.56 Å². The van der Waals surface area contributed by atoms with E-state index in [0.717, 1.165) is 19.1 Å². The van der Waals surface area contributed by atoms with Crippen LogP contribution in [0.15, 0.2) is 24.8 Å². The Hall–Kier alpha value is 0.220. The Morgan fingerprint density at radius 1 is 1.33 bits per heavy atom. The predicted molar refractivity (Wildman–Crippen MR) is 67.4 cm³/mol. The van der Waals surface area contributed by atoms with Crippen molar-refractivity contribution in [2.75, 3.05) is 0 Å². The summed E-state index contributed by atoms with van der Waals surface area (Å²) in [6.07, 6.45) is 2.52. The summed E-state index contributed by atoms with van der Waals surface area (Å²) in [7, 11) is 0. The lowest BCUT2D eigenvalue weighted by Crippen LogP contribution is -1.89. The molecule has 0 radical (unpaired) electrons. The predicted octanol–water partition coefficient (Wildman–Crippen LogP) is 3.33. The van der Waals surface area contributed by atoms with Crippen molar-refractivity contribution in [2.24, 2.45) is 0 Å². The largest absolute Gasteiger partial charge is 0.507 e. The molecule has 64 valence electrons. The molecule has 3 heteroatoms. The summed E-state index contributed by atoms with van der Waals surface area (Å²) in [6.45, 7) is 3.65. The third-order valence-electron chi connectivity index (χ3n) is 1.52. The maximum Gasteiger partial charge on any atom is 0.133 e. The second-order valence-electron chi connectivity index (χ2n) is 2.35. The van der Waals surface area contributed by atoms with Crippen molar-refractivity contribution in [3.05, 3.63) is 37.5 Å². The maximum absolute atomic E-state index is 9.65. The minimum atomic E-state index is 0.391. The summed E-state index contributed by atoms with van der Waals surface area (Å²) in [5.41, 5.74) is 0.970. The Kier molecular flexibility index (Phi) is 3.82. The third-order valence-corrected chi connectivity index (χ3v) is 3.41. The first kappa shape index (κ1) is 10.3. The zero-order valence-electron chi connectivity index (χ0n) is 6.35. The van der Waals surface area contributed by atoms with Crippen LogP contribution in [0.4, 0.5) is 0 Å². The van der Waals surface area contributed by atoms with Crippen LogP contribution in [-0.4, -0.2) is 5.11 Å². The zero-order chi connectivity index (χ0) is 9.14. The summed E-state index contributed by atoms with van der Waals surface area (Å²) < 4.78 is 1.98. The average Bonchev–Trinajstić information content (AvgIpc) is 2.06. The molecular weight excluding hydrogens is 378 g/mol. The minimum absolute atomic E-state index is 0.391. The molecule has 0 fully saturated rings. The van der Waals surface area contributed by atoms with Gasteiger partial charge in [0.1, 0.15) is 5.75 Å². The molecule has 0 aromatic heterocycles. The minimum Gasteiger partial charge on any atom is -0.507 e. The van der Waals surface area contributed by atoms with E-state index < -0.39 is 0 Å². The van der Waals surface area contributed by atoms with Gasteiger partial charge < -0.3 is 5.11 Å². The Balaban J connectivity index is 3.22. The van der Waals surface area contributed by atoms with Crippen molar-refractivity contribution in [1.29, 1.82) is 0 Å². The van der Waals surface area contributed by atoms with E-state index in [4.69, 9.17) is 0 Å². The van der Waals surface area contributed by atoms with E-state index in [1.54, 1.807) is 6.08 Å². The lowest BCUT2D eigenvalue weighted by Gasteiger charge is -2.05. The number of aromatic hydroxyl groups is 1. The van der Waals surface area contributed by atoms with Crippen LogP contribution >= 0.6 is 45.2 Å². The van der Waals surface area contributed by atoms with Crippen LogP contribution in [0.3, 0.4) is 0 Å². The van der Waals surface area contributed by atoms with Gasteiger partial charge in [-0.3, -0.25) is 0 Å². The summed E-state index contributed by atoms with van der Waals surface area (Å²) in [4.78, 5) is 0. The molecule has 0 aliphatic carbocycles. The van der Waals surface area contributed by atoms with Gasteiger partial charge in [-0.1, -0.05) is 6.08 Å². The molecule has 0 amide bonds. The van der Waals surface area contributed by atoms with E-state index in [-0.39, 0.29) is 0 Å². The van der Waals surface area contributed by atoms with Gasteiger partial charge >= 0.3 is 0 Å². The Morgan fingerprint density at radius 2 is 1.92 bits per heavy atom. The molecule has 0 aliphatic rings. The van der Waals surface area contributed by atoms with Crippen molar-refractivity contribution in [3.63, 3.8) is 0 Å². The molecule has 1 N–H and O–H groups in total. The quantitative estimate of drug-likeness (QED) is 0.611. The van der Waals surface area contributed by atoms with Gasteiger partial charge in [-0.2, -0.15) is 0 Å². The Morgan fingerprint density at radius 3 is 2.50 bits per heavy atom. The number of rotatable bonds is 2. The molecule has 0 saturated heterocycles. The fraction of sp³-hybridized carbons (Fsp3) is 0.111. The Bertz CT molecular complexity index is 308. The van der Waals surface area contributed by atoms with Crippen LogP contribution in [0.2, 0.25) is 0 Å². The molecule has 1 aromatic carbocycles. The van der Waals surface area contributed by atoms with E-state index in [9.17, 15) is 5.11 Å². The highest BCUT2D eigenvalue weighted by Crippen LogP contribution is 2.28. The number of benzene rings is 1. The van der Waals surface area contributed by atoms with E-state index in [1.165, 1.54) is 0 Å². The van der Waals surface area contributed by atoms with Gasteiger partial charge in [0.05, 0.1) is 3.57 Å². The van der Waals surface area contributed by atoms with Gasteiger partial charge in [-0.25, -0.2) is 0 Å². The second-order valence-corrected chi connectivity index (χ2v) is 4.67. The summed E-state index contributed by atoms with van der Waals surface area (Å²) in [5.74, 6) is 0.391. The number of hydrogen-bond donors (Lipinski definition) is 1. The number of phenols is 1. The third kappa shape index (κ3) is 2.12. The smallest absolute Gasteiger partial charge is 0.133 e. The lowest BCUT2D eigenvalue weighted by molar-refractivity contribution is 0.465. The molecule has 0 heterocycles. The van der Waals surface area contributed by atoms with Gasteiger partial charge in [0.2, 0.25) is 0 Å². The van der Waals surface area contributed by atoms with Gasteiger partial charge in [-0.15, -0.1) is 6.58 Å². The number of allylic oxidation sites excluding steroid dienone is 1. The van der Waals surface area contributed by atoms with Crippen molar-refractivity contribution >= 4 is 45.2 Å². The molecule has 0 saturated carbocycles. The molecule has 1 aromatic rings. The van der Waals surface area contributed by atoms with E-state index in [0.29, 0.717) is 5.75 Å². The first-order chi connectivity index (χ1) is 5.66. The van der Waals surface area contributed by atoms with Crippen molar-refractivity contribution in [1.82, 2.24) is 0 Å². The van der Waals surface area contributed by atoms with Gasteiger partial charge in [-0.05, 0) is 63.7 Å². The number of halogens is 2. The molecule has 0 bridgehead atoms. The average molecular weight is 386 g/mol. The van der Waals surface area contributed by atoms with Crippen LogP contribution in [-0.2, 0) is 6.42 Å². The molecule has 0 aliphatic heterocycles. The van der Waals surface area contributed by atoms with Gasteiger partial charge in [0.25, 0.3) is 0 Å². The van der Waals surface area contributed by atoms with Crippen molar-refractivity contribution in [3.8, 4) is 5.75 Å². The first-order valence-corrected chi connectivity index (χ1v) is 5.59. The van der Waals surface area contributed by atoms with Crippen LogP contribution < -0.4 is 0 Å². The summed E-state index contributed by atoms with van der Waals surface area (Å²) in [5, 5.41) is 9.65. The highest BCUT2D eigenvalue weighted by molar-refractivity contribution is 14.1. The van der Waals surface area contributed by atoms with E-state index >= 15 is 0 Å². The van der Waals surface area contributed by atoms with Crippen molar-refractivity contribution < 1.29 is 5.11 Å². The topological polar surface area (TPSA) is 20.2 Å². The molecule has 1 nitrogen and oxygen atoms in total. The molecule has 0 atom stereocenters. The molecule has 1 rings (SSSR count). The number of hydrogen-bond acceptors (Lipinski definition) is 1. The molecule has 0 unspecified atom stereocenters. The first-order valence-electron chi connectivity index (χ1n) is 3.43. The highest BCUT2D eigenvalue weighted by atomic mass is 127. The standard InChI is InChI=1S/C9H8I2O/c1-2-3-6-7(10)4-5-8(11)9(6)12/h2,4-5,12H,1,3H2. The lowest BCUT2D eigenvalue weighted by atomic mass is 10.1. The fourth-order valence-electron chi connectivity index (χ4n) is 0.922. The Labute approximate surface area is 99.2 Å². The monoisotopic (exact) mass is 386 g/mol. The molecule has 12 heavy (non-hydrogen) atoms. The van der Waals surface area contributed by atoms with Gasteiger partial charge in [0, 0.05) is 9.13 Å². The van der Waals surface area contributed by atoms with Crippen LogP contribution in [0, 0.1) is 7.14 Å². The fourth-order valence-corrected chi connectivity index (χ4v) is 2.08. The summed E-state index contributed by atoms with van der Waals surface area (Å²) in [6, 6.07) is 3.91. The zero-order valence-corrected chi connectivity index (χ0v) is 10.7. The maximum atomic E-state index is 9.65. The second kappa shape index (κ2) is 4.45. The normalized spacial score (nSPS) is 9.83. The van der Waals surface area contributed by atoms with Crippen LogP contribution in [0.25, 0.3) is 0 Å². The van der Waals surface area contributed by atoms with Gasteiger partial charge in [0.15, 0.2) is 0 Å². The molecular formula is C9H8I2O. The van der Waals surface area contributed by atoms with E-state index in [2.05, 4.69) is 51.8 Å². The highest BCUT2D eigenvalue weighted by Gasteiger charge is 2.07. The summed E-state index contributed by atoms with van der Waals surface area (Å²) >= 11 is 4.33.